The molecule has 1 aromatic carbocycles. The zero-order valence-electron chi connectivity index (χ0n) is 13.9. The van der Waals surface area contributed by atoms with E-state index in [1.165, 1.54) is 23.8 Å². The number of thiocarbonyl (C=S) groups is 1. The van der Waals surface area contributed by atoms with E-state index in [0.29, 0.717) is 38.4 Å². The van der Waals surface area contributed by atoms with Gasteiger partial charge < -0.3 is 9.15 Å². The van der Waals surface area contributed by atoms with Crippen molar-refractivity contribution in [2.45, 2.75) is 0 Å². The van der Waals surface area contributed by atoms with Gasteiger partial charge in [0.05, 0.1) is 17.6 Å². The molecule has 0 radical (unpaired) electrons. The van der Waals surface area contributed by atoms with Gasteiger partial charge in [-0.3, -0.25) is 9.69 Å². The second kappa shape index (κ2) is 7.72. The Morgan fingerprint density at radius 2 is 2.12 bits per heavy atom. The second-order valence-corrected chi connectivity index (χ2v) is 7.00. The summed E-state index contributed by atoms with van der Waals surface area (Å²) in [5.74, 6) is 0.397. The highest BCUT2D eigenvalue weighted by Crippen LogP contribution is 2.34. The number of carbonyl (C=O) groups is 2. The summed E-state index contributed by atoms with van der Waals surface area (Å²) in [7, 11) is 1.33. The largest absolute Gasteiger partial charge is 0.465 e. The molecule has 0 saturated carbocycles. The number of hydrogen-bond acceptors (Lipinski definition) is 6. The first kappa shape index (κ1) is 18.2. The van der Waals surface area contributed by atoms with Crippen molar-refractivity contribution in [2.75, 3.05) is 13.7 Å². The number of thioether (sulfide) groups is 1. The third-order valence-corrected chi connectivity index (χ3v) is 5.06. The van der Waals surface area contributed by atoms with Crippen LogP contribution in [0.25, 0.3) is 17.4 Å². The number of benzene rings is 1. The Morgan fingerprint density at radius 1 is 1.35 bits per heavy atom. The first-order chi connectivity index (χ1) is 12.5. The average molecular weight is 385 g/mol. The fourth-order valence-electron chi connectivity index (χ4n) is 2.48. The minimum atomic E-state index is -0.441. The van der Waals surface area contributed by atoms with Gasteiger partial charge in [0.25, 0.3) is 5.91 Å². The Labute approximate surface area is 160 Å². The fourth-order valence-corrected chi connectivity index (χ4v) is 3.73. The molecule has 5 nitrogen and oxygen atoms in total. The van der Waals surface area contributed by atoms with Crippen molar-refractivity contribution >= 4 is 46.3 Å². The van der Waals surface area contributed by atoms with Crippen LogP contribution >= 0.6 is 24.0 Å². The van der Waals surface area contributed by atoms with Crippen LogP contribution in [0.5, 0.6) is 0 Å². The number of amides is 1. The summed E-state index contributed by atoms with van der Waals surface area (Å²) >= 11 is 6.43. The molecule has 26 heavy (non-hydrogen) atoms. The van der Waals surface area contributed by atoms with Crippen molar-refractivity contribution in [3.63, 3.8) is 0 Å². The Hall–Kier alpha value is -2.64. The molecule has 1 aliphatic rings. The van der Waals surface area contributed by atoms with E-state index in [0.717, 1.165) is 0 Å². The van der Waals surface area contributed by atoms with Crippen molar-refractivity contribution in [3.8, 4) is 11.3 Å². The number of rotatable bonds is 5. The highest BCUT2D eigenvalue weighted by Gasteiger charge is 2.31. The highest BCUT2D eigenvalue weighted by molar-refractivity contribution is 8.26. The van der Waals surface area contributed by atoms with Gasteiger partial charge in [0.15, 0.2) is 0 Å². The van der Waals surface area contributed by atoms with Crippen LogP contribution < -0.4 is 0 Å². The summed E-state index contributed by atoms with van der Waals surface area (Å²) in [6.07, 6.45) is 3.27. The van der Waals surface area contributed by atoms with Crippen LogP contribution in [-0.2, 0) is 9.53 Å². The predicted octanol–water partition coefficient (Wildman–Crippen LogP) is 4.12. The molecule has 0 bridgehead atoms. The summed E-state index contributed by atoms with van der Waals surface area (Å²) < 4.78 is 11.1. The molecule has 1 aromatic heterocycles. The van der Waals surface area contributed by atoms with Crippen LogP contribution in [0.2, 0.25) is 0 Å². The van der Waals surface area contributed by atoms with Crippen LogP contribution in [-0.4, -0.2) is 34.8 Å². The van der Waals surface area contributed by atoms with Gasteiger partial charge >= 0.3 is 5.97 Å². The van der Waals surface area contributed by atoms with Crippen molar-refractivity contribution < 1.29 is 18.7 Å². The molecule has 132 valence electrons. The van der Waals surface area contributed by atoms with Crippen molar-refractivity contribution in [2.24, 2.45) is 0 Å². The maximum absolute atomic E-state index is 12.4. The lowest BCUT2D eigenvalue weighted by Crippen LogP contribution is -2.27. The van der Waals surface area contributed by atoms with E-state index in [2.05, 4.69) is 6.58 Å². The van der Waals surface area contributed by atoms with E-state index in [-0.39, 0.29) is 5.91 Å². The van der Waals surface area contributed by atoms with Crippen molar-refractivity contribution in [1.29, 1.82) is 0 Å². The molecule has 1 fully saturated rings. The first-order valence-corrected chi connectivity index (χ1v) is 8.91. The Kier molecular flexibility index (Phi) is 5.39. The summed E-state index contributed by atoms with van der Waals surface area (Å²) in [5, 5.41) is 0. The van der Waals surface area contributed by atoms with Gasteiger partial charge in [0.1, 0.15) is 15.8 Å². The summed E-state index contributed by atoms with van der Waals surface area (Å²) in [6.45, 7) is 4.00. The van der Waals surface area contributed by atoms with Crippen LogP contribution in [0.15, 0.2) is 58.4 Å². The Morgan fingerprint density at radius 3 is 2.85 bits per heavy atom. The summed E-state index contributed by atoms with van der Waals surface area (Å²) in [6, 6.07) is 10.5. The van der Waals surface area contributed by atoms with Crippen molar-refractivity contribution in [3.05, 3.63) is 65.3 Å². The quantitative estimate of drug-likeness (QED) is 0.334. The first-order valence-electron chi connectivity index (χ1n) is 7.69. The van der Waals surface area contributed by atoms with E-state index in [1.807, 2.05) is 6.07 Å². The lowest BCUT2D eigenvalue weighted by molar-refractivity contribution is -0.121. The molecule has 1 amide bonds. The molecule has 0 unspecified atom stereocenters. The van der Waals surface area contributed by atoms with Crippen LogP contribution in [0.3, 0.4) is 0 Å². The van der Waals surface area contributed by atoms with Gasteiger partial charge in [0, 0.05) is 18.2 Å². The fraction of sp³-hybridized carbons (Fsp3) is 0.105. The lowest BCUT2D eigenvalue weighted by Gasteiger charge is -2.10. The van der Waals surface area contributed by atoms with Gasteiger partial charge in [-0.2, -0.15) is 0 Å². The molecule has 3 rings (SSSR count). The molecule has 0 atom stereocenters. The Bertz CT molecular complexity index is 929. The maximum Gasteiger partial charge on any atom is 0.338 e. The number of ether oxygens (including phenoxy) is 1. The minimum Gasteiger partial charge on any atom is -0.465 e. The van der Waals surface area contributed by atoms with E-state index < -0.39 is 5.97 Å². The zero-order chi connectivity index (χ0) is 18.7. The molecule has 1 aliphatic heterocycles. The molecule has 2 aromatic rings. The number of esters is 1. The van der Waals surface area contributed by atoms with E-state index in [9.17, 15) is 9.59 Å². The van der Waals surface area contributed by atoms with E-state index in [1.54, 1.807) is 42.5 Å². The maximum atomic E-state index is 12.4. The molecular formula is C19H15NO4S2. The standard InChI is InChI=1S/C19H15NO4S2/c1-3-10-20-17(21)16(26-19(20)25)11-12-8-9-15(24-12)13-6-4-5-7-14(13)18(22)23-2/h3-9,11H,1,10H2,2H3. The lowest BCUT2D eigenvalue weighted by atomic mass is 10.1. The van der Waals surface area contributed by atoms with Gasteiger partial charge in [-0.25, -0.2) is 4.79 Å². The van der Waals surface area contributed by atoms with Crippen LogP contribution in [0.4, 0.5) is 0 Å². The third-order valence-electron chi connectivity index (χ3n) is 3.68. The van der Waals surface area contributed by atoms with Crippen molar-refractivity contribution in [1.82, 2.24) is 4.90 Å². The molecule has 0 spiro atoms. The number of furan rings is 1. The second-order valence-electron chi connectivity index (χ2n) is 5.32. The summed E-state index contributed by atoms with van der Waals surface area (Å²) in [4.78, 5) is 26.3. The Balaban J connectivity index is 1.90. The van der Waals surface area contributed by atoms with Gasteiger partial charge in [-0.15, -0.1) is 6.58 Å². The SMILES string of the molecule is C=CCN1C(=O)C(=Cc2ccc(-c3ccccc3C(=O)OC)o2)SC1=S. The minimum absolute atomic E-state index is 0.173. The summed E-state index contributed by atoms with van der Waals surface area (Å²) in [5.41, 5.74) is 1.03. The average Bonchev–Trinajstić information content (AvgIpc) is 3.22. The highest BCUT2D eigenvalue weighted by atomic mass is 32.2. The number of hydrogen-bond donors (Lipinski definition) is 0. The monoisotopic (exact) mass is 385 g/mol. The molecule has 0 N–H and O–H groups in total. The zero-order valence-corrected chi connectivity index (χ0v) is 15.6. The van der Waals surface area contributed by atoms with Crippen LogP contribution in [0, 0.1) is 0 Å². The molecule has 7 heteroatoms. The molecule has 2 heterocycles. The normalized spacial score (nSPS) is 15.6. The van der Waals surface area contributed by atoms with Gasteiger partial charge in [-0.1, -0.05) is 48.3 Å². The predicted molar refractivity (Wildman–Crippen MR) is 106 cm³/mol. The topological polar surface area (TPSA) is 59.8 Å². The van der Waals surface area contributed by atoms with Crippen LogP contribution in [0.1, 0.15) is 16.1 Å². The number of nitrogens with zero attached hydrogens (tertiary/aromatic N) is 1. The molecule has 0 aliphatic carbocycles. The molecule has 1 saturated heterocycles. The number of methoxy groups -OCH3 is 1. The molecular weight excluding hydrogens is 370 g/mol. The van der Waals surface area contributed by atoms with E-state index >= 15 is 0 Å². The smallest absolute Gasteiger partial charge is 0.338 e. The van der Waals surface area contributed by atoms with Gasteiger partial charge in [-0.05, 0) is 18.2 Å². The number of carbonyl (C=O) groups excluding carboxylic acids is 2. The van der Waals surface area contributed by atoms with E-state index in [4.69, 9.17) is 21.4 Å². The van der Waals surface area contributed by atoms with Gasteiger partial charge in [0.2, 0.25) is 0 Å². The third kappa shape index (κ3) is 3.49.